The number of ketones is 1. The Kier molecular flexibility index (Phi) is 3.10. The van der Waals surface area contributed by atoms with Crippen LogP contribution in [0.5, 0.6) is 0 Å². The van der Waals surface area contributed by atoms with Crippen LogP contribution in [0, 0.1) is 5.82 Å². The second-order valence-electron chi connectivity index (χ2n) is 3.76. The minimum atomic E-state index is -1.06. The molecular weight excluding hydrogens is 241 g/mol. The van der Waals surface area contributed by atoms with E-state index in [1.807, 2.05) is 0 Å². The van der Waals surface area contributed by atoms with Gasteiger partial charge in [-0.1, -0.05) is 0 Å². The Morgan fingerprint density at radius 1 is 1.44 bits per heavy atom. The minimum absolute atomic E-state index is 0.00377. The van der Waals surface area contributed by atoms with Crippen LogP contribution < -0.4 is 5.32 Å². The molecule has 1 aliphatic heterocycles. The quantitative estimate of drug-likeness (QED) is 0.495. The first kappa shape index (κ1) is 12.2. The van der Waals surface area contributed by atoms with Crippen molar-refractivity contribution in [2.24, 2.45) is 0 Å². The van der Waals surface area contributed by atoms with E-state index < -0.39 is 17.6 Å². The summed E-state index contributed by atoms with van der Waals surface area (Å²) in [5.41, 5.74) is 0.390. The molecule has 0 aromatic heterocycles. The maximum atomic E-state index is 13.3. The van der Waals surface area contributed by atoms with Crippen molar-refractivity contribution in [1.29, 1.82) is 0 Å². The van der Waals surface area contributed by atoms with Crippen LogP contribution in [0.2, 0.25) is 0 Å². The van der Waals surface area contributed by atoms with E-state index in [1.165, 1.54) is 0 Å². The lowest BCUT2D eigenvalue weighted by Gasteiger charge is -2.07. The number of carbonyl (C=O) groups is 3. The highest BCUT2D eigenvalue weighted by Crippen LogP contribution is 2.29. The first-order valence-electron chi connectivity index (χ1n) is 5.36. The maximum Gasteiger partial charge on any atom is 0.379 e. The number of esters is 1. The van der Waals surface area contributed by atoms with Crippen LogP contribution in [0.3, 0.4) is 0 Å². The molecule has 1 aliphatic rings. The van der Waals surface area contributed by atoms with E-state index in [4.69, 9.17) is 0 Å². The Balaban J connectivity index is 2.43. The van der Waals surface area contributed by atoms with Crippen LogP contribution in [-0.2, 0) is 20.7 Å². The van der Waals surface area contributed by atoms with Gasteiger partial charge in [0.05, 0.1) is 24.3 Å². The molecule has 0 saturated heterocycles. The molecule has 1 N–H and O–H groups in total. The molecule has 0 aliphatic carbocycles. The third kappa shape index (κ3) is 2.09. The Labute approximate surface area is 102 Å². The Hall–Kier alpha value is -2.24. The zero-order chi connectivity index (χ0) is 13.3. The van der Waals surface area contributed by atoms with Gasteiger partial charge in [-0.25, -0.2) is 9.18 Å². The average molecular weight is 251 g/mol. The van der Waals surface area contributed by atoms with E-state index in [2.05, 4.69) is 10.1 Å². The summed E-state index contributed by atoms with van der Waals surface area (Å²) in [6, 6.07) is 2.08. The highest BCUT2D eigenvalue weighted by molar-refractivity contribution is 6.42. The van der Waals surface area contributed by atoms with E-state index in [-0.39, 0.29) is 30.2 Å². The molecule has 0 fully saturated rings. The summed E-state index contributed by atoms with van der Waals surface area (Å²) in [7, 11) is 0. The van der Waals surface area contributed by atoms with Gasteiger partial charge in [-0.15, -0.1) is 0 Å². The zero-order valence-electron chi connectivity index (χ0n) is 9.58. The highest BCUT2D eigenvalue weighted by Gasteiger charge is 2.28. The van der Waals surface area contributed by atoms with Crippen molar-refractivity contribution >= 4 is 23.3 Å². The number of ether oxygens (including phenoxy) is 1. The number of hydrogen-bond acceptors (Lipinski definition) is 4. The van der Waals surface area contributed by atoms with Crippen molar-refractivity contribution in [2.45, 2.75) is 13.3 Å². The molecule has 1 amide bonds. The summed E-state index contributed by atoms with van der Waals surface area (Å²) < 4.78 is 17.9. The number of carbonyl (C=O) groups excluding carboxylic acids is 3. The third-order valence-corrected chi connectivity index (χ3v) is 2.51. The Morgan fingerprint density at radius 3 is 2.83 bits per heavy atom. The molecule has 0 bridgehead atoms. The summed E-state index contributed by atoms with van der Waals surface area (Å²) >= 11 is 0. The summed E-state index contributed by atoms with van der Waals surface area (Å²) in [6.07, 6.45) is -0.00377. The van der Waals surface area contributed by atoms with Gasteiger partial charge in [0.1, 0.15) is 5.82 Å². The SMILES string of the molecule is CCOC(=O)C(=O)c1cc(F)cc2c1NC(=O)C2. The Bertz CT molecular complexity index is 553. The lowest BCUT2D eigenvalue weighted by atomic mass is 10.0. The molecule has 94 valence electrons. The van der Waals surface area contributed by atoms with Gasteiger partial charge in [0.15, 0.2) is 0 Å². The van der Waals surface area contributed by atoms with Gasteiger partial charge in [0.25, 0.3) is 5.78 Å². The number of fused-ring (bicyclic) bond motifs is 1. The number of Topliss-reactive ketones (excluding diaryl/α,β-unsaturated/α-hetero) is 1. The fourth-order valence-electron chi connectivity index (χ4n) is 1.79. The van der Waals surface area contributed by atoms with E-state index in [1.54, 1.807) is 6.92 Å². The van der Waals surface area contributed by atoms with Gasteiger partial charge in [-0.3, -0.25) is 9.59 Å². The lowest BCUT2D eigenvalue weighted by Crippen LogP contribution is -2.19. The number of nitrogens with one attached hydrogen (secondary N) is 1. The molecule has 18 heavy (non-hydrogen) atoms. The van der Waals surface area contributed by atoms with Crippen molar-refractivity contribution in [3.8, 4) is 0 Å². The molecule has 1 aromatic rings. The number of benzene rings is 1. The normalized spacial score (nSPS) is 12.9. The highest BCUT2D eigenvalue weighted by atomic mass is 19.1. The van der Waals surface area contributed by atoms with Crippen LogP contribution in [0.4, 0.5) is 10.1 Å². The van der Waals surface area contributed by atoms with Crippen LogP contribution in [0.25, 0.3) is 0 Å². The van der Waals surface area contributed by atoms with Crippen molar-refractivity contribution in [1.82, 2.24) is 0 Å². The Morgan fingerprint density at radius 2 is 2.17 bits per heavy atom. The zero-order valence-corrected chi connectivity index (χ0v) is 9.58. The van der Waals surface area contributed by atoms with Gasteiger partial charge < -0.3 is 10.1 Å². The van der Waals surface area contributed by atoms with Crippen molar-refractivity contribution < 1.29 is 23.5 Å². The van der Waals surface area contributed by atoms with Crippen LogP contribution in [0.1, 0.15) is 22.8 Å². The van der Waals surface area contributed by atoms with Gasteiger partial charge >= 0.3 is 5.97 Å². The van der Waals surface area contributed by atoms with Crippen LogP contribution in [-0.4, -0.2) is 24.3 Å². The predicted octanol–water partition coefficient (Wildman–Crippen LogP) is 1.07. The van der Waals surface area contributed by atoms with Crippen molar-refractivity contribution in [3.05, 3.63) is 29.1 Å². The van der Waals surface area contributed by atoms with E-state index in [0.717, 1.165) is 12.1 Å². The monoisotopic (exact) mass is 251 g/mol. The van der Waals surface area contributed by atoms with Crippen LogP contribution in [0.15, 0.2) is 12.1 Å². The molecule has 5 nitrogen and oxygen atoms in total. The molecule has 1 aromatic carbocycles. The fourth-order valence-corrected chi connectivity index (χ4v) is 1.79. The van der Waals surface area contributed by atoms with E-state index in [0.29, 0.717) is 5.56 Å². The van der Waals surface area contributed by atoms with Gasteiger partial charge in [0.2, 0.25) is 5.91 Å². The second kappa shape index (κ2) is 4.56. The molecule has 2 rings (SSSR count). The fraction of sp³-hybridized carbons (Fsp3) is 0.250. The molecule has 6 heteroatoms. The summed E-state index contributed by atoms with van der Waals surface area (Å²) in [5, 5.41) is 2.44. The first-order valence-corrected chi connectivity index (χ1v) is 5.36. The summed E-state index contributed by atoms with van der Waals surface area (Å²) in [6.45, 7) is 1.61. The largest absolute Gasteiger partial charge is 0.460 e. The van der Waals surface area contributed by atoms with Crippen LogP contribution >= 0.6 is 0 Å². The molecule has 0 atom stereocenters. The van der Waals surface area contributed by atoms with Gasteiger partial charge in [-0.05, 0) is 24.6 Å². The number of amides is 1. The minimum Gasteiger partial charge on any atom is -0.460 e. The average Bonchev–Trinajstić information content (AvgIpc) is 2.67. The molecule has 0 radical (unpaired) electrons. The molecule has 0 saturated carbocycles. The smallest absolute Gasteiger partial charge is 0.379 e. The molecule has 0 spiro atoms. The predicted molar refractivity (Wildman–Crippen MR) is 59.7 cm³/mol. The number of rotatable bonds is 3. The molecular formula is C12H10FNO4. The maximum absolute atomic E-state index is 13.3. The van der Waals surface area contributed by atoms with E-state index in [9.17, 15) is 18.8 Å². The molecule has 0 unspecified atom stereocenters. The van der Waals surface area contributed by atoms with Gasteiger partial charge in [0, 0.05) is 0 Å². The van der Waals surface area contributed by atoms with E-state index >= 15 is 0 Å². The van der Waals surface area contributed by atoms with Gasteiger partial charge in [-0.2, -0.15) is 0 Å². The van der Waals surface area contributed by atoms with Crippen molar-refractivity contribution in [2.75, 3.05) is 11.9 Å². The molecule has 1 heterocycles. The summed E-state index contributed by atoms with van der Waals surface area (Å²) in [5.74, 6) is -3.03. The number of halogens is 1. The number of hydrogen-bond donors (Lipinski definition) is 1. The third-order valence-electron chi connectivity index (χ3n) is 2.51. The topological polar surface area (TPSA) is 72.5 Å². The second-order valence-corrected chi connectivity index (χ2v) is 3.76. The van der Waals surface area contributed by atoms with Crippen molar-refractivity contribution in [3.63, 3.8) is 0 Å². The summed E-state index contributed by atoms with van der Waals surface area (Å²) in [4.78, 5) is 34.3. The first-order chi connectivity index (χ1) is 8.52. The number of anilines is 1. The standard InChI is InChI=1S/C12H10FNO4/c1-2-18-12(17)11(16)8-5-7(13)3-6-4-9(15)14-10(6)8/h3,5H,2,4H2,1H3,(H,14,15). The lowest BCUT2D eigenvalue weighted by molar-refractivity contribution is -0.137.